The van der Waals surface area contributed by atoms with Gasteiger partial charge in [-0.05, 0) is 18.2 Å². The van der Waals surface area contributed by atoms with Crippen LogP contribution in [0.5, 0.6) is 0 Å². The third-order valence-corrected chi connectivity index (χ3v) is 2.35. The van der Waals surface area contributed by atoms with Gasteiger partial charge in [0.25, 0.3) is 5.91 Å². The Bertz CT molecular complexity index is 525. The van der Waals surface area contributed by atoms with Crippen LogP contribution in [-0.4, -0.2) is 35.0 Å². The standard InChI is InChI=1S/C12H9ClFNO3/c1-2-5-15(7-11(16)17)12(18)8-3-4-10(14)9(13)6-8/h1,3-4,6H,5,7H2,(H,16,17). The third-order valence-electron chi connectivity index (χ3n) is 2.06. The van der Waals surface area contributed by atoms with E-state index in [1.807, 2.05) is 0 Å². The van der Waals surface area contributed by atoms with Crippen LogP contribution in [0, 0.1) is 18.2 Å². The summed E-state index contributed by atoms with van der Waals surface area (Å²) in [7, 11) is 0. The molecule has 94 valence electrons. The zero-order valence-electron chi connectivity index (χ0n) is 9.19. The fourth-order valence-corrected chi connectivity index (χ4v) is 1.47. The molecule has 1 N–H and O–H groups in total. The van der Waals surface area contributed by atoms with Crippen molar-refractivity contribution >= 4 is 23.5 Å². The summed E-state index contributed by atoms with van der Waals surface area (Å²) in [6.07, 6.45) is 5.05. The van der Waals surface area contributed by atoms with Crippen molar-refractivity contribution in [1.29, 1.82) is 0 Å². The highest BCUT2D eigenvalue weighted by molar-refractivity contribution is 6.31. The molecule has 0 radical (unpaired) electrons. The summed E-state index contributed by atoms with van der Waals surface area (Å²) in [6, 6.07) is 3.38. The van der Waals surface area contributed by atoms with Crippen molar-refractivity contribution in [3.05, 3.63) is 34.6 Å². The van der Waals surface area contributed by atoms with Crippen LogP contribution in [0.25, 0.3) is 0 Å². The van der Waals surface area contributed by atoms with Crippen LogP contribution in [0.2, 0.25) is 5.02 Å². The average Bonchev–Trinajstić information content (AvgIpc) is 2.31. The van der Waals surface area contributed by atoms with Crippen LogP contribution in [-0.2, 0) is 4.79 Å². The van der Waals surface area contributed by atoms with Gasteiger partial charge in [-0.15, -0.1) is 6.42 Å². The van der Waals surface area contributed by atoms with Gasteiger partial charge in [0.2, 0.25) is 0 Å². The number of hydrogen-bond acceptors (Lipinski definition) is 2. The van der Waals surface area contributed by atoms with Crippen LogP contribution >= 0.6 is 11.6 Å². The number of carboxylic acids is 1. The lowest BCUT2D eigenvalue weighted by molar-refractivity contribution is -0.137. The highest BCUT2D eigenvalue weighted by Gasteiger charge is 2.18. The highest BCUT2D eigenvalue weighted by atomic mass is 35.5. The molecule has 0 saturated heterocycles. The van der Waals surface area contributed by atoms with E-state index in [0.717, 1.165) is 17.0 Å². The number of carboxylic acid groups (broad SMARTS) is 1. The van der Waals surface area contributed by atoms with E-state index in [0.29, 0.717) is 0 Å². The molecule has 1 amide bonds. The summed E-state index contributed by atoms with van der Waals surface area (Å²) in [5.74, 6) is -0.275. The Balaban J connectivity index is 2.98. The van der Waals surface area contributed by atoms with E-state index in [9.17, 15) is 14.0 Å². The lowest BCUT2D eigenvalue weighted by Crippen LogP contribution is -2.36. The summed E-state index contributed by atoms with van der Waals surface area (Å²) in [4.78, 5) is 23.5. The van der Waals surface area contributed by atoms with Gasteiger partial charge in [-0.25, -0.2) is 4.39 Å². The van der Waals surface area contributed by atoms with Gasteiger partial charge >= 0.3 is 5.97 Å². The summed E-state index contributed by atoms with van der Waals surface area (Å²) in [6.45, 7) is -0.682. The molecule has 1 aromatic carbocycles. The van der Waals surface area contributed by atoms with Crippen molar-refractivity contribution in [2.45, 2.75) is 0 Å². The summed E-state index contributed by atoms with van der Waals surface area (Å²) in [5.41, 5.74) is 0.0814. The third kappa shape index (κ3) is 3.47. The Kier molecular flexibility index (Phi) is 4.69. The van der Waals surface area contributed by atoms with Crippen molar-refractivity contribution in [1.82, 2.24) is 4.90 Å². The molecular weight excluding hydrogens is 261 g/mol. The first-order valence-corrected chi connectivity index (χ1v) is 5.23. The van der Waals surface area contributed by atoms with Crippen LogP contribution in [0.4, 0.5) is 4.39 Å². The second-order valence-electron chi connectivity index (χ2n) is 3.39. The van der Waals surface area contributed by atoms with Gasteiger partial charge in [0.15, 0.2) is 0 Å². The van der Waals surface area contributed by atoms with E-state index in [4.69, 9.17) is 23.1 Å². The number of carbonyl (C=O) groups is 2. The Labute approximate surface area is 108 Å². The van der Waals surface area contributed by atoms with Gasteiger partial charge in [-0.3, -0.25) is 9.59 Å². The van der Waals surface area contributed by atoms with Gasteiger partial charge < -0.3 is 10.0 Å². The molecule has 0 fully saturated rings. The van der Waals surface area contributed by atoms with E-state index >= 15 is 0 Å². The van der Waals surface area contributed by atoms with Crippen LogP contribution < -0.4 is 0 Å². The summed E-state index contributed by atoms with van der Waals surface area (Å²) >= 11 is 5.54. The summed E-state index contributed by atoms with van der Waals surface area (Å²) in [5, 5.41) is 8.45. The zero-order valence-corrected chi connectivity index (χ0v) is 9.95. The van der Waals surface area contributed by atoms with E-state index in [2.05, 4.69) is 5.92 Å². The average molecular weight is 270 g/mol. The minimum absolute atomic E-state index is 0.0814. The fraction of sp³-hybridized carbons (Fsp3) is 0.167. The van der Waals surface area contributed by atoms with Crippen molar-refractivity contribution in [3.8, 4) is 12.3 Å². The molecule has 0 unspecified atom stereocenters. The first kappa shape index (κ1) is 14.0. The number of aliphatic carboxylic acids is 1. The number of terminal acetylenes is 1. The molecule has 0 spiro atoms. The minimum Gasteiger partial charge on any atom is -0.480 e. The SMILES string of the molecule is C#CCN(CC(=O)O)C(=O)c1ccc(F)c(Cl)c1. The Morgan fingerprint density at radius 3 is 2.67 bits per heavy atom. The van der Waals surface area contributed by atoms with Crippen LogP contribution in [0.3, 0.4) is 0 Å². The van der Waals surface area contributed by atoms with E-state index in [1.54, 1.807) is 0 Å². The maximum Gasteiger partial charge on any atom is 0.323 e. The van der Waals surface area contributed by atoms with Gasteiger partial charge in [0.05, 0.1) is 11.6 Å². The highest BCUT2D eigenvalue weighted by Crippen LogP contribution is 2.17. The second-order valence-corrected chi connectivity index (χ2v) is 3.80. The van der Waals surface area contributed by atoms with Gasteiger partial charge in [0, 0.05) is 5.56 Å². The summed E-state index contributed by atoms with van der Waals surface area (Å²) < 4.78 is 12.9. The molecule has 0 aliphatic heterocycles. The molecule has 4 nitrogen and oxygen atoms in total. The fourth-order valence-electron chi connectivity index (χ4n) is 1.28. The number of rotatable bonds is 4. The molecule has 0 aliphatic rings. The quantitative estimate of drug-likeness (QED) is 0.846. The molecule has 0 saturated carbocycles. The van der Waals surface area contributed by atoms with Crippen LogP contribution in [0.15, 0.2) is 18.2 Å². The van der Waals surface area contributed by atoms with Gasteiger partial charge in [-0.2, -0.15) is 0 Å². The second kappa shape index (κ2) is 6.03. The monoisotopic (exact) mass is 269 g/mol. The number of halogens is 2. The first-order chi connectivity index (χ1) is 8.45. The molecule has 0 aliphatic carbocycles. The molecule has 1 aromatic rings. The molecule has 1 rings (SSSR count). The smallest absolute Gasteiger partial charge is 0.323 e. The number of carbonyl (C=O) groups excluding carboxylic acids is 1. The molecule has 0 heterocycles. The first-order valence-electron chi connectivity index (χ1n) is 4.85. The number of benzene rings is 1. The van der Waals surface area contributed by atoms with E-state index < -0.39 is 24.2 Å². The molecule has 0 bridgehead atoms. The number of hydrogen-bond donors (Lipinski definition) is 1. The van der Waals surface area contributed by atoms with Gasteiger partial charge in [-0.1, -0.05) is 17.5 Å². The Hall–Kier alpha value is -2.06. The van der Waals surface area contributed by atoms with Gasteiger partial charge in [0.1, 0.15) is 12.4 Å². The lowest BCUT2D eigenvalue weighted by atomic mass is 10.2. The Morgan fingerprint density at radius 1 is 1.50 bits per heavy atom. The van der Waals surface area contributed by atoms with Crippen molar-refractivity contribution < 1.29 is 19.1 Å². The number of nitrogens with zero attached hydrogens (tertiary/aromatic N) is 1. The molecule has 6 heteroatoms. The number of amides is 1. The largest absolute Gasteiger partial charge is 0.480 e. The maximum atomic E-state index is 12.9. The van der Waals surface area contributed by atoms with E-state index in [-0.39, 0.29) is 17.1 Å². The molecule has 0 atom stereocenters. The predicted molar refractivity (Wildman–Crippen MR) is 63.8 cm³/mol. The maximum absolute atomic E-state index is 12.9. The minimum atomic E-state index is -1.19. The lowest BCUT2D eigenvalue weighted by Gasteiger charge is -2.17. The van der Waals surface area contributed by atoms with Crippen molar-refractivity contribution in [2.24, 2.45) is 0 Å². The van der Waals surface area contributed by atoms with Crippen molar-refractivity contribution in [2.75, 3.05) is 13.1 Å². The Morgan fingerprint density at radius 2 is 2.17 bits per heavy atom. The topological polar surface area (TPSA) is 57.6 Å². The van der Waals surface area contributed by atoms with E-state index in [1.165, 1.54) is 6.07 Å². The zero-order chi connectivity index (χ0) is 13.7. The molecule has 0 aromatic heterocycles. The normalized spacial score (nSPS) is 9.61. The van der Waals surface area contributed by atoms with Crippen LogP contribution in [0.1, 0.15) is 10.4 Å². The van der Waals surface area contributed by atoms with Crippen molar-refractivity contribution in [3.63, 3.8) is 0 Å². The molecule has 18 heavy (non-hydrogen) atoms. The molecular formula is C12H9ClFNO3. The predicted octanol–water partition coefficient (Wildman–Crippen LogP) is 1.64.